The van der Waals surface area contributed by atoms with Gasteiger partial charge < -0.3 is 14.4 Å². The van der Waals surface area contributed by atoms with Crippen molar-refractivity contribution < 1.29 is 4.79 Å². The number of rotatable bonds is 5. The van der Waals surface area contributed by atoms with Gasteiger partial charge in [0.2, 0.25) is 11.9 Å². The number of aromatic nitrogens is 2. The molecule has 2 fully saturated rings. The number of carbonyl (C=O) groups is 1. The van der Waals surface area contributed by atoms with E-state index in [0.29, 0.717) is 5.91 Å². The SMILES string of the molecule is CCCCn1c(N2CCC[C@H](C(=O)N3CCCC3)C2)nc2ccccc21. The molecule has 1 amide bonds. The molecule has 0 aliphatic carbocycles. The standard InChI is InChI=1S/C21H30N4O/c1-2-3-15-25-19-11-5-4-10-18(19)22-21(25)24-14-8-9-17(16-24)20(26)23-12-6-7-13-23/h4-5,10-11,17H,2-3,6-9,12-16H2,1H3/t17-/m0/s1. The van der Waals surface area contributed by atoms with E-state index in [1.807, 2.05) is 0 Å². The van der Waals surface area contributed by atoms with Crippen molar-refractivity contribution in [2.45, 2.75) is 52.0 Å². The summed E-state index contributed by atoms with van der Waals surface area (Å²) in [7, 11) is 0. The van der Waals surface area contributed by atoms with Gasteiger partial charge in [0, 0.05) is 32.7 Å². The molecule has 3 heterocycles. The number of carbonyl (C=O) groups excluding carboxylic acids is 1. The van der Waals surface area contributed by atoms with Crippen molar-refractivity contribution >= 4 is 22.9 Å². The first kappa shape index (κ1) is 17.4. The van der Waals surface area contributed by atoms with E-state index in [0.717, 1.165) is 76.3 Å². The van der Waals surface area contributed by atoms with Crippen LogP contribution in [0.4, 0.5) is 5.95 Å². The van der Waals surface area contributed by atoms with Gasteiger partial charge in [0.15, 0.2) is 0 Å². The van der Waals surface area contributed by atoms with Crippen LogP contribution >= 0.6 is 0 Å². The van der Waals surface area contributed by atoms with Crippen LogP contribution in [0.15, 0.2) is 24.3 Å². The van der Waals surface area contributed by atoms with Crippen LogP contribution in [0.3, 0.4) is 0 Å². The summed E-state index contributed by atoms with van der Waals surface area (Å²) in [6, 6.07) is 8.40. The fourth-order valence-electron chi connectivity index (χ4n) is 4.40. The van der Waals surface area contributed by atoms with Crippen LogP contribution in [0, 0.1) is 5.92 Å². The third-order valence-corrected chi connectivity index (χ3v) is 5.84. The maximum Gasteiger partial charge on any atom is 0.227 e. The second-order valence-corrected chi connectivity index (χ2v) is 7.72. The van der Waals surface area contributed by atoms with E-state index in [1.165, 1.54) is 11.9 Å². The van der Waals surface area contributed by atoms with Gasteiger partial charge in [-0.1, -0.05) is 25.5 Å². The molecule has 1 atom stereocenters. The largest absolute Gasteiger partial charge is 0.342 e. The molecule has 0 radical (unpaired) electrons. The molecule has 4 rings (SSSR count). The summed E-state index contributed by atoms with van der Waals surface area (Å²) in [5, 5.41) is 0. The highest BCUT2D eigenvalue weighted by Gasteiger charge is 2.32. The zero-order valence-corrected chi connectivity index (χ0v) is 15.9. The van der Waals surface area contributed by atoms with Crippen LogP contribution in [0.25, 0.3) is 11.0 Å². The number of nitrogens with zero attached hydrogens (tertiary/aromatic N) is 4. The van der Waals surface area contributed by atoms with Crippen molar-refractivity contribution in [1.82, 2.24) is 14.5 Å². The minimum Gasteiger partial charge on any atom is -0.342 e. The number of hydrogen-bond acceptors (Lipinski definition) is 3. The van der Waals surface area contributed by atoms with E-state index in [1.54, 1.807) is 0 Å². The summed E-state index contributed by atoms with van der Waals surface area (Å²) in [6.45, 7) is 6.93. The predicted octanol–water partition coefficient (Wildman–Crippen LogP) is 3.68. The number of benzene rings is 1. The maximum absolute atomic E-state index is 12.9. The fourth-order valence-corrected chi connectivity index (χ4v) is 4.40. The molecule has 2 aliphatic heterocycles. The summed E-state index contributed by atoms with van der Waals surface area (Å²) in [6.07, 6.45) is 6.73. The molecule has 5 nitrogen and oxygen atoms in total. The zero-order chi connectivity index (χ0) is 17.9. The summed E-state index contributed by atoms with van der Waals surface area (Å²) < 4.78 is 2.36. The molecule has 2 aliphatic rings. The Labute approximate surface area is 156 Å². The Morgan fingerprint density at radius 3 is 2.77 bits per heavy atom. The van der Waals surface area contributed by atoms with Crippen molar-refractivity contribution in [3.8, 4) is 0 Å². The van der Waals surface area contributed by atoms with Crippen LogP contribution in [0.5, 0.6) is 0 Å². The van der Waals surface area contributed by atoms with E-state index in [2.05, 4.69) is 45.6 Å². The number of para-hydroxylation sites is 2. The lowest BCUT2D eigenvalue weighted by Crippen LogP contribution is -2.44. The van der Waals surface area contributed by atoms with Crippen molar-refractivity contribution in [2.24, 2.45) is 5.92 Å². The van der Waals surface area contributed by atoms with E-state index in [4.69, 9.17) is 4.98 Å². The van der Waals surface area contributed by atoms with Crippen molar-refractivity contribution in [1.29, 1.82) is 0 Å². The highest BCUT2D eigenvalue weighted by Crippen LogP contribution is 2.28. The minimum absolute atomic E-state index is 0.126. The molecule has 2 saturated heterocycles. The number of hydrogen-bond donors (Lipinski definition) is 0. The van der Waals surface area contributed by atoms with Crippen molar-refractivity contribution in [2.75, 3.05) is 31.1 Å². The van der Waals surface area contributed by atoms with Crippen LogP contribution in [-0.4, -0.2) is 46.5 Å². The maximum atomic E-state index is 12.9. The Hall–Kier alpha value is -2.04. The van der Waals surface area contributed by atoms with Crippen LogP contribution in [0.2, 0.25) is 0 Å². The Morgan fingerprint density at radius 1 is 1.15 bits per heavy atom. The monoisotopic (exact) mass is 354 g/mol. The van der Waals surface area contributed by atoms with E-state index in [-0.39, 0.29) is 5.92 Å². The third kappa shape index (κ3) is 3.31. The number of fused-ring (bicyclic) bond motifs is 1. The predicted molar refractivity (Wildman–Crippen MR) is 105 cm³/mol. The fraction of sp³-hybridized carbons (Fsp3) is 0.619. The van der Waals surface area contributed by atoms with Gasteiger partial charge in [0.25, 0.3) is 0 Å². The summed E-state index contributed by atoms with van der Waals surface area (Å²) >= 11 is 0. The van der Waals surface area contributed by atoms with Gasteiger partial charge in [-0.2, -0.15) is 0 Å². The number of piperidine rings is 1. The zero-order valence-electron chi connectivity index (χ0n) is 15.9. The highest BCUT2D eigenvalue weighted by atomic mass is 16.2. The lowest BCUT2D eigenvalue weighted by atomic mass is 9.97. The topological polar surface area (TPSA) is 41.4 Å². The average Bonchev–Trinajstić information content (AvgIpc) is 3.34. The molecule has 1 aromatic carbocycles. The molecule has 140 valence electrons. The van der Waals surface area contributed by atoms with E-state index >= 15 is 0 Å². The molecule has 1 aromatic heterocycles. The number of amides is 1. The number of unbranched alkanes of at least 4 members (excludes halogenated alkanes) is 1. The second-order valence-electron chi connectivity index (χ2n) is 7.72. The molecule has 2 aromatic rings. The van der Waals surface area contributed by atoms with Crippen LogP contribution in [-0.2, 0) is 11.3 Å². The summed E-state index contributed by atoms with van der Waals surface area (Å²) in [5.41, 5.74) is 2.27. The van der Waals surface area contributed by atoms with E-state index < -0.39 is 0 Å². The normalized spacial score (nSPS) is 20.9. The van der Waals surface area contributed by atoms with Gasteiger partial charge in [-0.3, -0.25) is 4.79 Å². The van der Waals surface area contributed by atoms with Gasteiger partial charge in [-0.05, 0) is 44.2 Å². The van der Waals surface area contributed by atoms with Gasteiger partial charge in [-0.15, -0.1) is 0 Å². The van der Waals surface area contributed by atoms with Crippen molar-refractivity contribution in [3.05, 3.63) is 24.3 Å². The van der Waals surface area contributed by atoms with Gasteiger partial charge in [-0.25, -0.2) is 4.98 Å². The molecule has 26 heavy (non-hydrogen) atoms. The first-order valence-electron chi connectivity index (χ1n) is 10.3. The summed E-state index contributed by atoms with van der Waals surface area (Å²) in [5.74, 6) is 1.54. The molecular weight excluding hydrogens is 324 g/mol. The Balaban J connectivity index is 1.58. The van der Waals surface area contributed by atoms with Gasteiger partial charge in [0.1, 0.15) is 0 Å². The van der Waals surface area contributed by atoms with Crippen LogP contribution < -0.4 is 4.90 Å². The highest BCUT2D eigenvalue weighted by molar-refractivity contribution is 5.81. The lowest BCUT2D eigenvalue weighted by Gasteiger charge is -2.34. The molecule has 0 saturated carbocycles. The molecule has 0 spiro atoms. The minimum atomic E-state index is 0.126. The summed E-state index contributed by atoms with van der Waals surface area (Å²) in [4.78, 5) is 22.3. The smallest absolute Gasteiger partial charge is 0.227 e. The molecule has 0 unspecified atom stereocenters. The second kappa shape index (κ2) is 7.68. The van der Waals surface area contributed by atoms with Crippen LogP contribution in [0.1, 0.15) is 45.4 Å². The average molecular weight is 354 g/mol. The van der Waals surface area contributed by atoms with E-state index in [9.17, 15) is 4.79 Å². The van der Waals surface area contributed by atoms with Gasteiger partial charge >= 0.3 is 0 Å². The first-order chi connectivity index (χ1) is 12.8. The third-order valence-electron chi connectivity index (χ3n) is 5.84. The Morgan fingerprint density at radius 2 is 1.96 bits per heavy atom. The Kier molecular flexibility index (Phi) is 5.14. The quantitative estimate of drug-likeness (QED) is 0.822. The number of anilines is 1. The molecule has 0 N–H and O–H groups in total. The lowest BCUT2D eigenvalue weighted by molar-refractivity contribution is -0.134. The first-order valence-corrected chi connectivity index (χ1v) is 10.3. The van der Waals surface area contributed by atoms with Gasteiger partial charge in [0.05, 0.1) is 17.0 Å². The Bertz CT molecular complexity index is 762. The molecule has 0 bridgehead atoms. The van der Waals surface area contributed by atoms with Crippen molar-refractivity contribution in [3.63, 3.8) is 0 Å². The number of likely N-dealkylation sites (tertiary alicyclic amines) is 1. The number of imidazole rings is 1. The molecular formula is C21H30N4O. The number of aryl methyl sites for hydroxylation is 1. The molecule has 5 heteroatoms.